The summed E-state index contributed by atoms with van der Waals surface area (Å²) in [5.41, 5.74) is -0.105. The Hall–Kier alpha value is -1.20. The quantitative estimate of drug-likeness (QED) is 0.850. The molecule has 0 aliphatic heterocycles. The Kier molecular flexibility index (Phi) is 5.04. The molecule has 18 heavy (non-hydrogen) atoms. The van der Waals surface area contributed by atoms with Crippen molar-refractivity contribution in [1.29, 1.82) is 0 Å². The number of hydrogen-bond donors (Lipinski definition) is 2. The minimum atomic E-state index is -0.740. The molecule has 1 aromatic carbocycles. The predicted octanol–water partition coefficient (Wildman–Crippen LogP) is 2.09. The minimum absolute atomic E-state index is 0.0219. The lowest BCUT2D eigenvalue weighted by Gasteiger charge is -2.22. The highest BCUT2D eigenvalue weighted by molar-refractivity contribution is 5.23. The first-order chi connectivity index (χ1) is 8.26. The van der Waals surface area contributed by atoms with Crippen LogP contribution in [0.4, 0.5) is 8.78 Å². The van der Waals surface area contributed by atoms with Crippen LogP contribution in [-0.4, -0.2) is 29.9 Å². The van der Waals surface area contributed by atoms with Crippen LogP contribution in [0, 0.1) is 11.6 Å². The smallest absolute Gasteiger partial charge is 0.129 e. The lowest BCUT2D eigenvalue weighted by molar-refractivity contribution is 0.0997. The largest absolute Gasteiger partial charge is 0.491 e. The molecule has 0 saturated carbocycles. The van der Waals surface area contributed by atoms with Gasteiger partial charge in [0, 0.05) is 30.3 Å². The molecular formula is C13H19F2NO2. The number of hydrogen-bond acceptors (Lipinski definition) is 3. The first-order valence-electron chi connectivity index (χ1n) is 5.78. The zero-order valence-corrected chi connectivity index (χ0v) is 10.8. The van der Waals surface area contributed by atoms with Gasteiger partial charge in [0.15, 0.2) is 0 Å². The Morgan fingerprint density at radius 1 is 1.22 bits per heavy atom. The molecule has 0 amide bonds. The van der Waals surface area contributed by atoms with Crippen molar-refractivity contribution in [2.24, 2.45) is 0 Å². The third-order valence-electron chi connectivity index (χ3n) is 2.15. The Balaban J connectivity index is 2.40. The van der Waals surface area contributed by atoms with E-state index in [2.05, 4.69) is 5.32 Å². The van der Waals surface area contributed by atoms with Crippen LogP contribution in [0.5, 0.6) is 5.75 Å². The molecule has 0 fully saturated rings. The summed E-state index contributed by atoms with van der Waals surface area (Å²) in [7, 11) is 0. The first kappa shape index (κ1) is 14.9. The fraction of sp³-hybridized carbons (Fsp3) is 0.538. The van der Waals surface area contributed by atoms with Crippen molar-refractivity contribution >= 4 is 0 Å². The number of nitrogens with one attached hydrogen (secondary N) is 1. The molecule has 0 spiro atoms. The molecule has 2 N–H and O–H groups in total. The lowest BCUT2D eigenvalue weighted by atomic mass is 10.1. The number of benzene rings is 1. The summed E-state index contributed by atoms with van der Waals surface area (Å²) < 4.78 is 30.8. The van der Waals surface area contributed by atoms with Crippen molar-refractivity contribution < 1.29 is 18.6 Å². The summed E-state index contributed by atoms with van der Waals surface area (Å²) in [5.74, 6) is -1.33. The van der Waals surface area contributed by atoms with Gasteiger partial charge < -0.3 is 15.2 Å². The molecule has 1 aromatic rings. The van der Waals surface area contributed by atoms with Gasteiger partial charge in [-0.25, -0.2) is 8.78 Å². The van der Waals surface area contributed by atoms with Crippen LogP contribution in [-0.2, 0) is 0 Å². The Morgan fingerprint density at radius 3 is 2.28 bits per heavy atom. The van der Waals surface area contributed by atoms with Gasteiger partial charge in [-0.1, -0.05) is 0 Å². The second-order valence-electron chi connectivity index (χ2n) is 5.20. The van der Waals surface area contributed by atoms with Gasteiger partial charge in [-0.15, -0.1) is 0 Å². The van der Waals surface area contributed by atoms with Crippen LogP contribution in [0.15, 0.2) is 18.2 Å². The van der Waals surface area contributed by atoms with Crippen molar-refractivity contribution in [3.05, 3.63) is 29.8 Å². The summed E-state index contributed by atoms with van der Waals surface area (Å²) in [6.07, 6.45) is -0.740. The van der Waals surface area contributed by atoms with Crippen LogP contribution in [0.25, 0.3) is 0 Å². The molecule has 0 bridgehead atoms. The van der Waals surface area contributed by atoms with Gasteiger partial charge in [0.05, 0.1) is 0 Å². The third kappa shape index (κ3) is 5.93. The number of aliphatic hydroxyl groups excluding tert-OH is 1. The highest BCUT2D eigenvalue weighted by Gasteiger charge is 2.12. The maximum absolute atomic E-state index is 12.9. The predicted molar refractivity (Wildman–Crippen MR) is 65.6 cm³/mol. The molecule has 102 valence electrons. The zero-order valence-electron chi connectivity index (χ0n) is 10.8. The van der Waals surface area contributed by atoms with Crippen molar-refractivity contribution in [3.63, 3.8) is 0 Å². The maximum Gasteiger partial charge on any atom is 0.129 e. The molecule has 0 aliphatic rings. The third-order valence-corrected chi connectivity index (χ3v) is 2.15. The lowest BCUT2D eigenvalue weighted by Crippen LogP contribution is -2.42. The van der Waals surface area contributed by atoms with E-state index >= 15 is 0 Å². The minimum Gasteiger partial charge on any atom is -0.491 e. The SMILES string of the molecule is CC(C)(C)NCC(O)COc1cc(F)cc(F)c1. The fourth-order valence-corrected chi connectivity index (χ4v) is 1.29. The van der Waals surface area contributed by atoms with Crippen molar-refractivity contribution in [1.82, 2.24) is 5.32 Å². The number of aliphatic hydroxyl groups is 1. The van der Waals surface area contributed by atoms with Crippen molar-refractivity contribution in [2.45, 2.75) is 32.4 Å². The van der Waals surface area contributed by atoms with Gasteiger partial charge in [0.1, 0.15) is 30.1 Å². The highest BCUT2D eigenvalue weighted by Crippen LogP contribution is 2.15. The Bertz CT molecular complexity index is 371. The zero-order chi connectivity index (χ0) is 13.8. The number of β-amino-alcohol motifs (C(OH)–C–C–N with tert-alkyl or cyclic N) is 1. The molecule has 0 radical (unpaired) electrons. The van der Waals surface area contributed by atoms with Crippen LogP contribution < -0.4 is 10.1 Å². The van der Waals surface area contributed by atoms with Gasteiger partial charge in [0.2, 0.25) is 0 Å². The van der Waals surface area contributed by atoms with E-state index in [0.29, 0.717) is 6.54 Å². The normalized spacial score (nSPS) is 13.4. The second kappa shape index (κ2) is 6.11. The van der Waals surface area contributed by atoms with E-state index in [0.717, 1.165) is 18.2 Å². The molecule has 0 aliphatic carbocycles. The summed E-state index contributed by atoms with van der Waals surface area (Å²) in [5, 5.41) is 12.7. The van der Waals surface area contributed by atoms with Crippen molar-refractivity contribution in [2.75, 3.05) is 13.2 Å². The Labute approximate surface area is 106 Å². The molecule has 1 unspecified atom stereocenters. The van der Waals surface area contributed by atoms with E-state index in [1.807, 2.05) is 20.8 Å². The molecule has 5 heteroatoms. The standard InChI is InChI=1S/C13H19F2NO2/c1-13(2,3)16-7-11(17)8-18-12-5-9(14)4-10(15)6-12/h4-6,11,16-17H,7-8H2,1-3H3. The van der Waals surface area contributed by atoms with Gasteiger partial charge in [-0.05, 0) is 20.8 Å². The highest BCUT2D eigenvalue weighted by atomic mass is 19.1. The molecule has 0 heterocycles. The topological polar surface area (TPSA) is 41.5 Å². The van der Waals surface area contributed by atoms with E-state index in [1.54, 1.807) is 0 Å². The summed E-state index contributed by atoms with van der Waals surface area (Å²) >= 11 is 0. The molecule has 3 nitrogen and oxygen atoms in total. The van der Waals surface area contributed by atoms with Gasteiger partial charge in [0.25, 0.3) is 0 Å². The van der Waals surface area contributed by atoms with E-state index in [9.17, 15) is 13.9 Å². The Morgan fingerprint density at radius 2 is 1.78 bits per heavy atom. The monoisotopic (exact) mass is 259 g/mol. The van der Waals surface area contributed by atoms with E-state index in [1.165, 1.54) is 0 Å². The number of rotatable bonds is 5. The van der Waals surface area contributed by atoms with Gasteiger partial charge >= 0.3 is 0 Å². The number of halogens is 2. The maximum atomic E-state index is 12.9. The van der Waals surface area contributed by atoms with E-state index in [-0.39, 0.29) is 17.9 Å². The van der Waals surface area contributed by atoms with Crippen LogP contribution in [0.3, 0.4) is 0 Å². The second-order valence-corrected chi connectivity index (χ2v) is 5.20. The summed E-state index contributed by atoms with van der Waals surface area (Å²) in [6.45, 7) is 6.25. The average molecular weight is 259 g/mol. The molecule has 1 rings (SSSR count). The average Bonchev–Trinajstić information content (AvgIpc) is 2.21. The molecule has 0 saturated heterocycles. The van der Waals surface area contributed by atoms with E-state index < -0.39 is 17.7 Å². The molecule has 0 aromatic heterocycles. The van der Waals surface area contributed by atoms with Crippen molar-refractivity contribution in [3.8, 4) is 5.75 Å². The van der Waals surface area contributed by atoms with E-state index in [4.69, 9.17) is 4.74 Å². The number of ether oxygens (including phenoxy) is 1. The van der Waals surface area contributed by atoms with Crippen LogP contribution in [0.2, 0.25) is 0 Å². The summed E-state index contributed by atoms with van der Waals surface area (Å²) in [6, 6.07) is 2.92. The molecular weight excluding hydrogens is 240 g/mol. The van der Waals surface area contributed by atoms with Crippen LogP contribution >= 0.6 is 0 Å². The fourth-order valence-electron chi connectivity index (χ4n) is 1.29. The summed E-state index contributed by atoms with van der Waals surface area (Å²) in [4.78, 5) is 0. The molecule has 1 atom stereocenters. The van der Waals surface area contributed by atoms with Gasteiger partial charge in [-0.2, -0.15) is 0 Å². The van der Waals surface area contributed by atoms with Gasteiger partial charge in [-0.3, -0.25) is 0 Å². The van der Waals surface area contributed by atoms with Crippen LogP contribution in [0.1, 0.15) is 20.8 Å². The first-order valence-corrected chi connectivity index (χ1v) is 5.78.